The second-order valence-corrected chi connectivity index (χ2v) is 7.07. The van der Waals surface area contributed by atoms with Crippen LogP contribution in [0.25, 0.3) is 33.5 Å². The van der Waals surface area contributed by atoms with Crippen LogP contribution in [0.5, 0.6) is 0 Å². The number of aromatic amines is 1. The molecule has 0 radical (unpaired) electrons. The van der Waals surface area contributed by atoms with E-state index in [-0.39, 0.29) is 7.24 Å². The van der Waals surface area contributed by atoms with E-state index in [1.165, 1.54) is 51.5 Å². The molecule has 0 bridgehead atoms. The Morgan fingerprint density at radius 3 is 2.83 bits per heavy atom. The molecule has 5 rings (SSSR count). The summed E-state index contributed by atoms with van der Waals surface area (Å²) in [4.78, 5) is 25.4. The zero-order valence-electron chi connectivity index (χ0n) is 16.1. The number of nitrogens with one attached hydrogen (secondary N) is 1. The van der Waals surface area contributed by atoms with Crippen molar-refractivity contribution in [3.63, 3.8) is 0 Å². The summed E-state index contributed by atoms with van der Waals surface area (Å²) in [5.74, 6) is 0.238. The zero-order valence-corrected chi connectivity index (χ0v) is 16.1. The molecule has 4 aromatic heterocycles. The lowest BCUT2D eigenvalue weighted by Gasteiger charge is -2.23. The van der Waals surface area contributed by atoms with Gasteiger partial charge in [-0.3, -0.25) is 4.79 Å². The maximum absolute atomic E-state index is 13.6. The van der Waals surface area contributed by atoms with Gasteiger partial charge in [0.05, 0.1) is 13.3 Å². The van der Waals surface area contributed by atoms with E-state index in [1.807, 2.05) is 6.20 Å². The van der Waals surface area contributed by atoms with Gasteiger partial charge in [-0.15, -0.1) is 0 Å². The first-order valence-corrected chi connectivity index (χ1v) is 9.64. The lowest BCUT2D eigenvalue weighted by atomic mass is 9.95. The van der Waals surface area contributed by atoms with Crippen LogP contribution in [0.1, 0.15) is 39.6 Å². The average molecular weight is 397 g/mol. The van der Waals surface area contributed by atoms with Gasteiger partial charge in [-0.2, -0.15) is 0 Å². The first-order chi connectivity index (χ1) is 14.2. The molecule has 8 heteroatoms. The summed E-state index contributed by atoms with van der Waals surface area (Å²) in [6.45, 7) is 0.375. The van der Waals surface area contributed by atoms with E-state index in [2.05, 4.69) is 36.5 Å². The van der Waals surface area contributed by atoms with E-state index in [0.717, 1.165) is 16.6 Å². The maximum atomic E-state index is 13.6. The predicted octanol–water partition coefficient (Wildman–Crippen LogP) is 4.65. The number of methoxy groups -OCH3 is 1. The van der Waals surface area contributed by atoms with E-state index in [0.29, 0.717) is 29.4 Å². The van der Waals surface area contributed by atoms with Crippen LogP contribution in [0.15, 0.2) is 36.9 Å². The normalized spacial score (nSPS) is 14.6. The van der Waals surface area contributed by atoms with Gasteiger partial charge in [0.15, 0.2) is 5.82 Å². The van der Waals surface area contributed by atoms with Gasteiger partial charge in [0, 0.05) is 42.4 Å². The molecule has 29 heavy (non-hydrogen) atoms. The third-order valence-electron chi connectivity index (χ3n) is 5.26. The van der Waals surface area contributed by atoms with Crippen molar-refractivity contribution >= 4 is 28.5 Å². The minimum atomic E-state index is -0.361. The smallest absolute Gasteiger partial charge is 0.292 e. The van der Waals surface area contributed by atoms with Gasteiger partial charge in [-0.05, 0) is 25.0 Å². The number of aromatic nitrogens is 5. The lowest BCUT2D eigenvalue weighted by molar-refractivity contribution is -0.126. The molecule has 0 saturated heterocycles. The number of fused-ring (bicyclic) bond motifs is 2. The third kappa shape index (κ3) is 3.83. The Balaban J connectivity index is 0.000000473. The van der Waals surface area contributed by atoms with E-state index in [1.54, 1.807) is 6.20 Å². The number of hydrogen-bond acceptors (Lipinski definition) is 5. The van der Waals surface area contributed by atoms with Crippen LogP contribution in [-0.4, -0.2) is 38.1 Å². The van der Waals surface area contributed by atoms with Crippen molar-refractivity contribution in [2.75, 3.05) is 7.11 Å². The number of ether oxygens (including phenoxy) is 1. The molecule has 4 heterocycles. The Morgan fingerprint density at radius 1 is 1.28 bits per heavy atom. The van der Waals surface area contributed by atoms with Crippen LogP contribution in [0.4, 0.5) is 4.39 Å². The summed E-state index contributed by atoms with van der Waals surface area (Å²) in [7, 11) is 1.31. The standard InChI is InChI=1S/C19H18FN5.C2H4O2.H2/c20-13-8-15-16(11-23-17(15)22-10-13)18-21-9-12-6-7-25(19(12)24-18)14-4-2-1-3-5-14;1-4-2-3;/h6-11,14H,1-5H2,(H,22,23);2H,1H3;1H. The van der Waals surface area contributed by atoms with Crippen LogP contribution < -0.4 is 0 Å². The molecule has 1 fully saturated rings. The van der Waals surface area contributed by atoms with Gasteiger partial charge in [-0.25, -0.2) is 19.3 Å². The Hall–Kier alpha value is -3.29. The number of nitrogens with zero attached hydrogens (tertiary/aromatic N) is 4. The van der Waals surface area contributed by atoms with Crippen molar-refractivity contribution < 1.29 is 15.3 Å². The molecular formula is C21H24FN5O2. The van der Waals surface area contributed by atoms with Crippen molar-refractivity contribution in [2.24, 2.45) is 0 Å². The van der Waals surface area contributed by atoms with Crippen LogP contribution in [0.3, 0.4) is 0 Å². The van der Waals surface area contributed by atoms with Crippen molar-refractivity contribution in [1.29, 1.82) is 0 Å². The van der Waals surface area contributed by atoms with E-state index in [4.69, 9.17) is 9.78 Å². The average Bonchev–Trinajstić information content (AvgIpc) is 3.38. The SMILES string of the molecule is COC=O.Fc1cnc2[nH]cc(-c3ncc4ccn(C5CCCCC5)c4n3)c2c1.[HH]. The highest BCUT2D eigenvalue weighted by Crippen LogP contribution is 2.32. The molecule has 1 aliphatic rings. The second kappa shape index (κ2) is 8.38. The molecule has 0 unspecified atom stereocenters. The molecular weight excluding hydrogens is 373 g/mol. The van der Waals surface area contributed by atoms with E-state index < -0.39 is 0 Å². The number of carbonyl (C=O) groups excluding carboxylic acids is 1. The van der Waals surface area contributed by atoms with Gasteiger partial charge in [-0.1, -0.05) is 19.3 Å². The van der Waals surface area contributed by atoms with Gasteiger partial charge in [0.1, 0.15) is 17.1 Å². The fourth-order valence-electron chi connectivity index (χ4n) is 3.88. The van der Waals surface area contributed by atoms with Gasteiger partial charge in [0.2, 0.25) is 0 Å². The van der Waals surface area contributed by atoms with Gasteiger partial charge >= 0.3 is 0 Å². The summed E-state index contributed by atoms with van der Waals surface area (Å²) in [6, 6.07) is 4.06. The summed E-state index contributed by atoms with van der Waals surface area (Å²) < 4.78 is 19.7. The van der Waals surface area contributed by atoms with Crippen molar-refractivity contribution in [1.82, 2.24) is 24.5 Å². The number of rotatable bonds is 3. The number of H-pyrrole nitrogens is 1. The highest BCUT2D eigenvalue weighted by molar-refractivity contribution is 5.92. The molecule has 152 valence electrons. The quantitative estimate of drug-likeness (QED) is 0.509. The van der Waals surface area contributed by atoms with Crippen LogP contribution in [0, 0.1) is 5.82 Å². The number of carbonyl (C=O) groups is 1. The fourth-order valence-corrected chi connectivity index (χ4v) is 3.88. The van der Waals surface area contributed by atoms with Crippen LogP contribution in [-0.2, 0) is 9.53 Å². The third-order valence-corrected chi connectivity index (χ3v) is 5.26. The van der Waals surface area contributed by atoms with Gasteiger partial charge in [0.25, 0.3) is 6.47 Å². The minimum absolute atomic E-state index is 0. The maximum Gasteiger partial charge on any atom is 0.292 e. The Bertz CT molecular complexity index is 1140. The first-order valence-electron chi connectivity index (χ1n) is 9.64. The summed E-state index contributed by atoms with van der Waals surface area (Å²) >= 11 is 0. The Labute approximate surface area is 168 Å². The minimum Gasteiger partial charge on any atom is -0.471 e. The molecule has 1 saturated carbocycles. The summed E-state index contributed by atoms with van der Waals surface area (Å²) in [6.07, 6.45) is 13.2. The number of halogens is 1. The monoisotopic (exact) mass is 397 g/mol. The molecule has 1 N–H and O–H groups in total. The fraction of sp³-hybridized carbons (Fsp3) is 0.333. The molecule has 1 aliphatic carbocycles. The highest BCUT2D eigenvalue weighted by Gasteiger charge is 2.18. The topological polar surface area (TPSA) is 85.7 Å². The zero-order chi connectivity index (χ0) is 20.2. The van der Waals surface area contributed by atoms with E-state index in [9.17, 15) is 4.39 Å². The molecule has 0 spiro atoms. The predicted molar refractivity (Wildman–Crippen MR) is 110 cm³/mol. The van der Waals surface area contributed by atoms with Crippen molar-refractivity contribution in [3.05, 3.63) is 42.7 Å². The molecule has 4 aromatic rings. The Morgan fingerprint density at radius 2 is 2.07 bits per heavy atom. The van der Waals surface area contributed by atoms with Crippen LogP contribution >= 0.6 is 0 Å². The molecule has 7 nitrogen and oxygen atoms in total. The second-order valence-electron chi connectivity index (χ2n) is 7.07. The molecule has 0 amide bonds. The molecule has 0 aromatic carbocycles. The van der Waals surface area contributed by atoms with E-state index >= 15 is 0 Å². The van der Waals surface area contributed by atoms with Crippen molar-refractivity contribution in [3.8, 4) is 11.4 Å². The number of pyridine rings is 1. The highest BCUT2D eigenvalue weighted by atomic mass is 19.1. The number of hydrogen-bond donors (Lipinski definition) is 1. The lowest BCUT2D eigenvalue weighted by Crippen LogP contribution is -2.12. The van der Waals surface area contributed by atoms with Crippen LogP contribution in [0.2, 0.25) is 0 Å². The van der Waals surface area contributed by atoms with Crippen molar-refractivity contribution in [2.45, 2.75) is 38.1 Å². The Kier molecular flexibility index (Phi) is 5.50. The summed E-state index contributed by atoms with van der Waals surface area (Å²) in [5.41, 5.74) is 2.37. The molecule has 0 atom stereocenters. The largest absolute Gasteiger partial charge is 0.471 e. The summed E-state index contributed by atoms with van der Waals surface area (Å²) in [5, 5.41) is 1.74. The van der Waals surface area contributed by atoms with Gasteiger partial charge < -0.3 is 14.3 Å². The first kappa shape index (κ1) is 19.0. The molecule has 0 aliphatic heterocycles.